The molecular weight excluding hydrogens is 220 g/mol. The Labute approximate surface area is 91.9 Å². The molecule has 0 amide bonds. The van der Waals surface area contributed by atoms with Gasteiger partial charge in [-0.25, -0.2) is 0 Å². The topological polar surface area (TPSA) is 102 Å². The highest BCUT2D eigenvalue weighted by Crippen LogP contribution is 2.25. The van der Waals surface area contributed by atoms with E-state index in [1.54, 1.807) is 0 Å². The zero-order chi connectivity index (χ0) is 12.3. The van der Waals surface area contributed by atoms with Crippen molar-refractivity contribution in [3.05, 3.63) is 0 Å². The highest BCUT2D eigenvalue weighted by atomic mass is 16.7. The number of aliphatic hydroxyl groups excluding tert-OH is 2. The molecular formula is C9H14O7. The zero-order valence-corrected chi connectivity index (χ0v) is 8.95. The predicted octanol–water partition coefficient (Wildman–Crippen LogP) is -1.44. The van der Waals surface area contributed by atoms with Gasteiger partial charge in [0.25, 0.3) is 0 Å². The van der Waals surface area contributed by atoms with Crippen LogP contribution >= 0.6 is 0 Å². The summed E-state index contributed by atoms with van der Waals surface area (Å²) in [6.45, 7) is 1.88. The average molecular weight is 234 g/mol. The molecule has 0 aliphatic carbocycles. The van der Waals surface area contributed by atoms with E-state index >= 15 is 0 Å². The Balaban J connectivity index is 2.76. The lowest BCUT2D eigenvalue weighted by molar-refractivity contribution is -0.174. The fourth-order valence-corrected chi connectivity index (χ4v) is 1.51. The fraction of sp³-hybridized carbons (Fsp3) is 0.778. The van der Waals surface area contributed by atoms with E-state index in [0.29, 0.717) is 0 Å². The second-order valence-corrected chi connectivity index (χ2v) is 3.40. The molecule has 1 heterocycles. The number of carbonyl (C=O) groups excluding carboxylic acids is 2. The van der Waals surface area contributed by atoms with E-state index in [-0.39, 0.29) is 0 Å². The maximum atomic E-state index is 10.8. The van der Waals surface area contributed by atoms with E-state index in [1.165, 1.54) is 6.92 Å². The number of hydrogen-bond acceptors (Lipinski definition) is 7. The van der Waals surface area contributed by atoms with Gasteiger partial charge in [-0.2, -0.15) is 0 Å². The molecule has 0 saturated carbocycles. The van der Waals surface area contributed by atoms with Gasteiger partial charge in [0.15, 0.2) is 18.5 Å². The molecule has 2 N–H and O–H groups in total. The summed E-state index contributed by atoms with van der Waals surface area (Å²) in [7, 11) is 0. The summed E-state index contributed by atoms with van der Waals surface area (Å²) in [6, 6.07) is 0. The van der Waals surface area contributed by atoms with Crippen molar-refractivity contribution in [1.82, 2.24) is 0 Å². The lowest BCUT2D eigenvalue weighted by Gasteiger charge is -2.21. The van der Waals surface area contributed by atoms with Gasteiger partial charge >= 0.3 is 11.9 Å². The number of rotatable bonds is 3. The van der Waals surface area contributed by atoms with Gasteiger partial charge in [-0.3, -0.25) is 9.59 Å². The van der Waals surface area contributed by atoms with Gasteiger partial charge in [-0.15, -0.1) is 0 Å². The first kappa shape index (κ1) is 12.9. The van der Waals surface area contributed by atoms with Crippen LogP contribution in [0, 0.1) is 0 Å². The summed E-state index contributed by atoms with van der Waals surface area (Å²) in [5, 5.41) is 18.4. The molecule has 1 fully saturated rings. The third-order valence-electron chi connectivity index (χ3n) is 2.07. The Morgan fingerprint density at radius 2 is 1.69 bits per heavy atom. The molecule has 0 aromatic heterocycles. The fourth-order valence-electron chi connectivity index (χ4n) is 1.51. The van der Waals surface area contributed by atoms with Crippen LogP contribution in [0.2, 0.25) is 0 Å². The summed E-state index contributed by atoms with van der Waals surface area (Å²) in [4.78, 5) is 21.6. The molecule has 1 aliphatic rings. The van der Waals surface area contributed by atoms with Crippen molar-refractivity contribution < 1.29 is 34.0 Å². The van der Waals surface area contributed by atoms with Crippen molar-refractivity contribution in [2.24, 2.45) is 0 Å². The highest BCUT2D eigenvalue weighted by Gasteiger charge is 2.48. The largest absolute Gasteiger partial charge is 0.455 e. The van der Waals surface area contributed by atoms with Gasteiger partial charge in [0, 0.05) is 13.8 Å². The molecule has 0 spiro atoms. The van der Waals surface area contributed by atoms with Crippen molar-refractivity contribution in [3.8, 4) is 0 Å². The Morgan fingerprint density at radius 3 is 2.12 bits per heavy atom. The van der Waals surface area contributed by atoms with Gasteiger partial charge in [0.05, 0.1) is 6.61 Å². The SMILES string of the molecule is CC(=O)O[C@@H]1[C@@H](OC(C)=O)[C@@H](CO)O[C@H]1O. The van der Waals surface area contributed by atoms with Crippen LogP contribution < -0.4 is 0 Å². The number of carbonyl (C=O) groups is 2. The molecule has 4 atom stereocenters. The molecule has 1 saturated heterocycles. The van der Waals surface area contributed by atoms with Crippen molar-refractivity contribution in [2.75, 3.05) is 6.61 Å². The molecule has 0 bridgehead atoms. The van der Waals surface area contributed by atoms with E-state index in [2.05, 4.69) is 0 Å². The predicted molar refractivity (Wildman–Crippen MR) is 49.1 cm³/mol. The van der Waals surface area contributed by atoms with E-state index in [1.807, 2.05) is 0 Å². The van der Waals surface area contributed by atoms with Gasteiger partial charge in [0.1, 0.15) is 6.10 Å². The van der Waals surface area contributed by atoms with Crippen LogP contribution in [-0.4, -0.2) is 53.4 Å². The van der Waals surface area contributed by atoms with E-state index < -0.39 is 43.1 Å². The standard InChI is InChI=1S/C9H14O7/c1-4(11)14-7-6(3-10)16-9(13)8(7)15-5(2)12/h6-10,13H,3H2,1-2H3/t6-,7+,8-,9-/m1/s1. The first-order valence-corrected chi connectivity index (χ1v) is 4.74. The molecule has 1 aliphatic heterocycles. The van der Waals surface area contributed by atoms with Crippen molar-refractivity contribution in [2.45, 2.75) is 38.4 Å². The van der Waals surface area contributed by atoms with Crippen molar-refractivity contribution in [3.63, 3.8) is 0 Å². The van der Waals surface area contributed by atoms with Crippen molar-refractivity contribution in [1.29, 1.82) is 0 Å². The van der Waals surface area contributed by atoms with E-state index in [4.69, 9.17) is 19.3 Å². The zero-order valence-electron chi connectivity index (χ0n) is 8.95. The Kier molecular flexibility index (Phi) is 4.22. The second kappa shape index (κ2) is 5.24. The molecule has 0 aromatic carbocycles. The minimum atomic E-state index is -1.41. The quantitative estimate of drug-likeness (QED) is 0.576. The molecule has 0 unspecified atom stereocenters. The number of hydrogen-bond donors (Lipinski definition) is 2. The van der Waals surface area contributed by atoms with Crippen LogP contribution in [0.25, 0.3) is 0 Å². The molecule has 16 heavy (non-hydrogen) atoms. The monoisotopic (exact) mass is 234 g/mol. The normalized spacial score (nSPS) is 33.5. The Hall–Kier alpha value is -1.18. The van der Waals surface area contributed by atoms with Crippen LogP contribution in [-0.2, 0) is 23.8 Å². The Bertz CT molecular complexity index is 277. The lowest BCUT2D eigenvalue weighted by Crippen LogP contribution is -2.40. The summed E-state index contributed by atoms with van der Waals surface area (Å²) < 4.78 is 14.5. The van der Waals surface area contributed by atoms with Gasteiger partial charge in [-0.05, 0) is 0 Å². The third kappa shape index (κ3) is 2.91. The maximum Gasteiger partial charge on any atom is 0.303 e. The second-order valence-electron chi connectivity index (χ2n) is 3.40. The molecule has 7 heteroatoms. The first-order chi connectivity index (χ1) is 7.45. The maximum absolute atomic E-state index is 10.8. The van der Waals surface area contributed by atoms with E-state index in [0.717, 1.165) is 6.92 Å². The molecule has 0 aromatic rings. The van der Waals surface area contributed by atoms with Crippen LogP contribution in [0.5, 0.6) is 0 Å². The summed E-state index contributed by atoms with van der Waals surface area (Å²) in [6.07, 6.45) is -4.42. The first-order valence-electron chi connectivity index (χ1n) is 4.74. The number of esters is 2. The molecule has 0 radical (unpaired) electrons. The third-order valence-corrected chi connectivity index (χ3v) is 2.07. The molecule has 92 valence electrons. The number of ether oxygens (including phenoxy) is 3. The molecule has 7 nitrogen and oxygen atoms in total. The minimum absolute atomic E-state index is 0.452. The van der Waals surface area contributed by atoms with Gasteiger partial charge < -0.3 is 24.4 Å². The van der Waals surface area contributed by atoms with Crippen LogP contribution in [0.15, 0.2) is 0 Å². The minimum Gasteiger partial charge on any atom is -0.455 e. The van der Waals surface area contributed by atoms with Crippen molar-refractivity contribution >= 4 is 11.9 Å². The Morgan fingerprint density at radius 1 is 1.19 bits per heavy atom. The van der Waals surface area contributed by atoms with Crippen LogP contribution in [0.1, 0.15) is 13.8 Å². The van der Waals surface area contributed by atoms with E-state index in [9.17, 15) is 14.7 Å². The summed E-state index contributed by atoms with van der Waals surface area (Å²) in [5.41, 5.74) is 0. The lowest BCUT2D eigenvalue weighted by atomic mass is 10.1. The number of aliphatic hydroxyl groups is 2. The summed E-state index contributed by atoms with van der Waals surface area (Å²) in [5.74, 6) is -1.25. The van der Waals surface area contributed by atoms with Gasteiger partial charge in [0.2, 0.25) is 0 Å². The molecule has 1 rings (SSSR count). The average Bonchev–Trinajstić information content (AvgIpc) is 2.44. The highest BCUT2D eigenvalue weighted by molar-refractivity contribution is 5.67. The van der Waals surface area contributed by atoms with Crippen LogP contribution in [0.4, 0.5) is 0 Å². The van der Waals surface area contributed by atoms with Crippen LogP contribution in [0.3, 0.4) is 0 Å². The van der Waals surface area contributed by atoms with Gasteiger partial charge in [-0.1, -0.05) is 0 Å². The smallest absolute Gasteiger partial charge is 0.303 e. The summed E-state index contributed by atoms with van der Waals surface area (Å²) >= 11 is 0.